The Morgan fingerprint density at radius 1 is 1.39 bits per heavy atom. The molecule has 1 aromatic carbocycles. The molecule has 0 aliphatic heterocycles. The zero-order chi connectivity index (χ0) is 13.3. The molecule has 0 radical (unpaired) electrons. The lowest BCUT2D eigenvalue weighted by molar-refractivity contribution is 0.0695. The largest absolute Gasteiger partial charge is 0.478 e. The Bertz CT molecular complexity index is 590. The van der Waals surface area contributed by atoms with E-state index in [2.05, 4.69) is 21.0 Å². The SMILES string of the molecule is CC(C)c1nn(-c2ccccc2Br)cc1C(=O)O. The first-order valence-electron chi connectivity index (χ1n) is 5.58. The molecule has 1 N–H and O–H groups in total. The second-order valence-electron chi connectivity index (χ2n) is 4.28. The Labute approximate surface area is 113 Å². The molecule has 5 heteroatoms. The second-order valence-corrected chi connectivity index (χ2v) is 5.14. The summed E-state index contributed by atoms with van der Waals surface area (Å²) >= 11 is 3.43. The van der Waals surface area contributed by atoms with Crippen molar-refractivity contribution in [3.63, 3.8) is 0 Å². The highest BCUT2D eigenvalue weighted by Crippen LogP contribution is 2.24. The molecule has 0 amide bonds. The molecule has 2 rings (SSSR count). The monoisotopic (exact) mass is 308 g/mol. The van der Waals surface area contributed by atoms with Crippen molar-refractivity contribution in [1.29, 1.82) is 0 Å². The van der Waals surface area contributed by atoms with Crippen LogP contribution in [0.5, 0.6) is 0 Å². The molecule has 0 atom stereocenters. The molecule has 0 saturated heterocycles. The van der Waals surface area contributed by atoms with E-state index in [9.17, 15) is 9.90 Å². The summed E-state index contributed by atoms with van der Waals surface area (Å²) in [7, 11) is 0. The maximum absolute atomic E-state index is 11.2. The van der Waals surface area contributed by atoms with E-state index in [0.717, 1.165) is 10.2 Å². The van der Waals surface area contributed by atoms with E-state index in [-0.39, 0.29) is 11.5 Å². The first kappa shape index (κ1) is 12.8. The van der Waals surface area contributed by atoms with E-state index in [4.69, 9.17) is 0 Å². The first-order chi connectivity index (χ1) is 8.50. The van der Waals surface area contributed by atoms with Gasteiger partial charge in [-0.3, -0.25) is 0 Å². The molecule has 0 spiro atoms. The van der Waals surface area contributed by atoms with Crippen molar-refractivity contribution in [2.75, 3.05) is 0 Å². The van der Waals surface area contributed by atoms with Crippen LogP contribution in [0.3, 0.4) is 0 Å². The van der Waals surface area contributed by atoms with Crippen LogP contribution in [0.25, 0.3) is 5.69 Å². The number of aromatic nitrogens is 2. The lowest BCUT2D eigenvalue weighted by atomic mass is 10.1. The Kier molecular flexibility index (Phi) is 3.52. The fourth-order valence-electron chi connectivity index (χ4n) is 1.74. The number of carboxylic acids is 1. The van der Waals surface area contributed by atoms with Gasteiger partial charge in [0.25, 0.3) is 0 Å². The average Bonchev–Trinajstić information content (AvgIpc) is 2.74. The Morgan fingerprint density at radius 2 is 2.06 bits per heavy atom. The average molecular weight is 309 g/mol. The summed E-state index contributed by atoms with van der Waals surface area (Å²) in [5, 5.41) is 13.5. The standard InChI is InChI=1S/C13H13BrN2O2/c1-8(2)12-9(13(17)18)7-16(15-12)11-6-4-3-5-10(11)14/h3-8H,1-2H3,(H,17,18). The van der Waals surface area contributed by atoms with Crippen molar-refractivity contribution in [3.8, 4) is 5.69 Å². The normalized spacial score (nSPS) is 10.9. The third-order valence-electron chi connectivity index (χ3n) is 2.62. The van der Waals surface area contributed by atoms with Crippen LogP contribution in [0.1, 0.15) is 35.8 Å². The lowest BCUT2D eigenvalue weighted by Crippen LogP contribution is -2.01. The van der Waals surface area contributed by atoms with Crippen LogP contribution in [0.4, 0.5) is 0 Å². The van der Waals surface area contributed by atoms with Crippen molar-refractivity contribution in [2.24, 2.45) is 0 Å². The molecular weight excluding hydrogens is 296 g/mol. The van der Waals surface area contributed by atoms with Crippen molar-refractivity contribution < 1.29 is 9.90 Å². The summed E-state index contributed by atoms with van der Waals surface area (Å²) in [6.45, 7) is 3.86. The minimum absolute atomic E-state index is 0.0693. The number of benzene rings is 1. The summed E-state index contributed by atoms with van der Waals surface area (Å²) in [5.74, 6) is -0.878. The van der Waals surface area contributed by atoms with Crippen molar-refractivity contribution in [3.05, 3.63) is 46.2 Å². The number of hydrogen-bond donors (Lipinski definition) is 1. The van der Waals surface area contributed by atoms with Crippen molar-refractivity contribution >= 4 is 21.9 Å². The van der Waals surface area contributed by atoms with Gasteiger partial charge >= 0.3 is 5.97 Å². The third kappa shape index (κ3) is 2.31. The van der Waals surface area contributed by atoms with E-state index in [1.165, 1.54) is 0 Å². The smallest absolute Gasteiger partial charge is 0.339 e. The van der Waals surface area contributed by atoms with Crippen LogP contribution < -0.4 is 0 Å². The van der Waals surface area contributed by atoms with Gasteiger partial charge in [0.1, 0.15) is 5.56 Å². The lowest BCUT2D eigenvalue weighted by Gasteiger charge is -2.04. The maximum Gasteiger partial charge on any atom is 0.339 e. The number of hydrogen-bond acceptors (Lipinski definition) is 2. The Balaban J connectivity index is 2.57. The molecule has 1 heterocycles. The van der Waals surface area contributed by atoms with Crippen LogP contribution in [-0.4, -0.2) is 20.9 Å². The number of carbonyl (C=O) groups is 1. The third-order valence-corrected chi connectivity index (χ3v) is 3.29. The molecule has 18 heavy (non-hydrogen) atoms. The molecule has 0 aliphatic carbocycles. The molecule has 1 aromatic heterocycles. The van der Waals surface area contributed by atoms with Crippen molar-refractivity contribution in [1.82, 2.24) is 9.78 Å². The summed E-state index contributed by atoms with van der Waals surface area (Å²) < 4.78 is 2.47. The zero-order valence-electron chi connectivity index (χ0n) is 10.1. The van der Waals surface area contributed by atoms with Gasteiger partial charge in [0, 0.05) is 10.7 Å². The van der Waals surface area contributed by atoms with E-state index >= 15 is 0 Å². The molecule has 0 saturated carbocycles. The van der Waals surface area contributed by atoms with Gasteiger partial charge in [0.15, 0.2) is 0 Å². The molecule has 4 nitrogen and oxygen atoms in total. The summed E-state index contributed by atoms with van der Waals surface area (Å²) in [6.07, 6.45) is 1.55. The van der Waals surface area contributed by atoms with Gasteiger partial charge < -0.3 is 5.11 Å². The predicted octanol–water partition coefficient (Wildman–Crippen LogP) is 3.46. The molecule has 94 valence electrons. The number of carboxylic acid groups (broad SMARTS) is 1. The maximum atomic E-state index is 11.2. The van der Waals surface area contributed by atoms with Gasteiger partial charge in [0.05, 0.1) is 11.4 Å². The number of para-hydroxylation sites is 1. The van der Waals surface area contributed by atoms with Crippen LogP contribution in [0.2, 0.25) is 0 Å². The van der Waals surface area contributed by atoms with E-state index in [1.54, 1.807) is 10.9 Å². The van der Waals surface area contributed by atoms with Crippen molar-refractivity contribution in [2.45, 2.75) is 19.8 Å². The molecule has 0 fully saturated rings. The first-order valence-corrected chi connectivity index (χ1v) is 6.37. The van der Waals surface area contributed by atoms with Gasteiger partial charge in [-0.2, -0.15) is 5.10 Å². The van der Waals surface area contributed by atoms with E-state index < -0.39 is 5.97 Å². The fourth-order valence-corrected chi connectivity index (χ4v) is 2.21. The predicted molar refractivity (Wildman–Crippen MR) is 72.3 cm³/mol. The molecule has 0 bridgehead atoms. The number of halogens is 1. The van der Waals surface area contributed by atoms with Crippen LogP contribution in [0, 0.1) is 0 Å². The van der Waals surface area contributed by atoms with Gasteiger partial charge in [-0.15, -0.1) is 0 Å². The topological polar surface area (TPSA) is 55.1 Å². The van der Waals surface area contributed by atoms with E-state index in [0.29, 0.717) is 5.69 Å². The zero-order valence-corrected chi connectivity index (χ0v) is 11.7. The Morgan fingerprint density at radius 3 is 2.56 bits per heavy atom. The summed E-state index contributed by atoms with van der Waals surface area (Å²) in [5.41, 5.74) is 1.67. The van der Waals surface area contributed by atoms with E-state index in [1.807, 2.05) is 38.1 Å². The molecular formula is C13H13BrN2O2. The summed E-state index contributed by atoms with van der Waals surface area (Å²) in [4.78, 5) is 11.2. The van der Waals surface area contributed by atoms with Gasteiger partial charge in [-0.25, -0.2) is 9.48 Å². The summed E-state index contributed by atoms with van der Waals surface area (Å²) in [6, 6.07) is 7.56. The molecule has 2 aromatic rings. The van der Waals surface area contributed by atoms with Crippen LogP contribution >= 0.6 is 15.9 Å². The molecule has 0 aliphatic rings. The second kappa shape index (κ2) is 4.94. The quantitative estimate of drug-likeness (QED) is 0.944. The Hall–Kier alpha value is -1.62. The minimum Gasteiger partial charge on any atom is -0.478 e. The fraction of sp³-hybridized carbons (Fsp3) is 0.231. The van der Waals surface area contributed by atoms with Crippen LogP contribution in [0.15, 0.2) is 34.9 Å². The number of rotatable bonds is 3. The highest BCUT2D eigenvalue weighted by molar-refractivity contribution is 9.10. The highest BCUT2D eigenvalue weighted by Gasteiger charge is 2.19. The number of nitrogens with zero attached hydrogens (tertiary/aromatic N) is 2. The van der Waals surface area contributed by atoms with Gasteiger partial charge in [0.2, 0.25) is 0 Å². The number of aromatic carboxylic acids is 1. The minimum atomic E-state index is -0.947. The molecule has 0 unspecified atom stereocenters. The highest BCUT2D eigenvalue weighted by atomic mass is 79.9. The van der Waals surface area contributed by atoms with Gasteiger partial charge in [-0.05, 0) is 34.0 Å². The van der Waals surface area contributed by atoms with Gasteiger partial charge in [-0.1, -0.05) is 26.0 Å². The van der Waals surface area contributed by atoms with Crippen LogP contribution in [-0.2, 0) is 0 Å².